The van der Waals surface area contributed by atoms with Gasteiger partial charge in [0.05, 0.1) is 12.0 Å². The number of carbonyl (C=O) groups is 2. The minimum Gasteiger partial charge on any atom is -0.339 e. The summed E-state index contributed by atoms with van der Waals surface area (Å²) in [5, 5.41) is 0. The highest BCUT2D eigenvalue weighted by molar-refractivity contribution is 5.94. The first-order valence-electron chi connectivity index (χ1n) is 9.34. The normalized spacial score (nSPS) is 18.0. The molecule has 1 heterocycles. The summed E-state index contributed by atoms with van der Waals surface area (Å²) in [5.74, 6) is -0.664. The third-order valence-corrected chi connectivity index (χ3v) is 5.36. The van der Waals surface area contributed by atoms with Crippen LogP contribution in [0.2, 0.25) is 0 Å². The van der Waals surface area contributed by atoms with Gasteiger partial charge in [0.1, 0.15) is 5.82 Å². The SMILES string of the molecule is CC(c1ccccc1)N(C)C(=O)C1CCCN(C(=O)c2ccc(F)cc2)C1. The second-order valence-electron chi connectivity index (χ2n) is 7.13. The summed E-state index contributed by atoms with van der Waals surface area (Å²) in [7, 11) is 1.82. The third-order valence-electron chi connectivity index (χ3n) is 5.36. The van der Waals surface area contributed by atoms with Gasteiger partial charge < -0.3 is 9.80 Å². The third kappa shape index (κ3) is 4.35. The molecule has 1 saturated heterocycles. The van der Waals surface area contributed by atoms with E-state index in [9.17, 15) is 14.0 Å². The molecule has 2 amide bonds. The summed E-state index contributed by atoms with van der Waals surface area (Å²) in [6.07, 6.45) is 1.56. The van der Waals surface area contributed by atoms with Crippen LogP contribution in [0.1, 0.15) is 41.7 Å². The standard InChI is InChI=1S/C22H25FN2O2/c1-16(17-7-4-3-5-8-17)24(2)21(26)19-9-6-14-25(15-19)22(27)18-10-12-20(23)13-11-18/h3-5,7-8,10-13,16,19H,6,9,14-15H2,1-2H3. The van der Waals surface area contributed by atoms with Crippen molar-refractivity contribution in [3.05, 3.63) is 71.5 Å². The van der Waals surface area contributed by atoms with Gasteiger partial charge in [-0.3, -0.25) is 9.59 Å². The number of nitrogens with zero attached hydrogens (tertiary/aromatic N) is 2. The van der Waals surface area contributed by atoms with E-state index in [2.05, 4.69) is 0 Å². The number of carbonyl (C=O) groups excluding carboxylic acids is 2. The van der Waals surface area contributed by atoms with Gasteiger partial charge in [0.25, 0.3) is 5.91 Å². The number of halogens is 1. The Labute approximate surface area is 159 Å². The van der Waals surface area contributed by atoms with Crippen molar-refractivity contribution in [2.75, 3.05) is 20.1 Å². The average Bonchev–Trinajstić information content (AvgIpc) is 2.73. The molecule has 0 aliphatic carbocycles. The molecule has 1 aliphatic rings. The second-order valence-corrected chi connectivity index (χ2v) is 7.13. The molecule has 0 aromatic heterocycles. The van der Waals surface area contributed by atoms with Crippen molar-refractivity contribution in [3.8, 4) is 0 Å². The summed E-state index contributed by atoms with van der Waals surface area (Å²) >= 11 is 0. The molecule has 5 heteroatoms. The predicted octanol–water partition coefficient (Wildman–Crippen LogP) is 3.90. The molecule has 2 aromatic carbocycles. The lowest BCUT2D eigenvalue weighted by molar-refractivity contribution is -0.137. The van der Waals surface area contributed by atoms with Gasteiger partial charge in [-0.2, -0.15) is 0 Å². The highest BCUT2D eigenvalue weighted by Crippen LogP contribution is 2.25. The molecule has 4 nitrogen and oxygen atoms in total. The lowest BCUT2D eigenvalue weighted by atomic mass is 9.95. The summed E-state index contributed by atoms with van der Waals surface area (Å²) in [6.45, 7) is 3.04. The molecule has 2 aromatic rings. The maximum atomic E-state index is 13.1. The molecular weight excluding hydrogens is 343 g/mol. The lowest BCUT2D eigenvalue weighted by Gasteiger charge is -2.35. The van der Waals surface area contributed by atoms with Crippen LogP contribution in [0.25, 0.3) is 0 Å². The molecule has 142 valence electrons. The molecule has 0 spiro atoms. The highest BCUT2D eigenvalue weighted by Gasteiger charge is 2.32. The Balaban J connectivity index is 1.67. The molecule has 0 bridgehead atoms. The summed E-state index contributed by atoms with van der Waals surface area (Å²) in [4.78, 5) is 29.2. The minimum atomic E-state index is -0.366. The maximum absolute atomic E-state index is 13.1. The van der Waals surface area contributed by atoms with Crippen molar-refractivity contribution in [2.24, 2.45) is 5.92 Å². The van der Waals surface area contributed by atoms with Crippen LogP contribution in [-0.2, 0) is 4.79 Å². The molecule has 1 fully saturated rings. The van der Waals surface area contributed by atoms with Crippen LogP contribution < -0.4 is 0 Å². The van der Waals surface area contributed by atoms with E-state index in [4.69, 9.17) is 0 Å². The number of hydrogen-bond donors (Lipinski definition) is 0. The predicted molar refractivity (Wildman–Crippen MR) is 103 cm³/mol. The van der Waals surface area contributed by atoms with E-state index < -0.39 is 0 Å². The Morgan fingerprint density at radius 1 is 1.11 bits per heavy atom. The van der Waals surface area contributed by atoms with Crippen LogP contribution in [-0.4, -0.2) is 41.8 Å². The van der Waals surface area contributed by atoms with E-state index in [0.29, 0.717) is 18.7 Å². The van der Waals surface area contributed by atoms with E-state index in [1.54, 1.807) is 9.80 Å². The van der Waals surface area contributed by atoms with Crippen molar-refractivity contribution in [1.82, 2.24) is 9.80 Å². The number of amides is 2. The van der Waals surface area contributed by atoms with Crippen LogP contribution in [0.4, 0.5) is 4.39 Å². The Bertz CT molecular complexity index is 792. The first kappa shape index (κ1) is 19.1. The summed E-state index contributed by atoms with van der Waals surface area (Å²) in [5.41, 5.74) is 1.54. The van der Waals surface area contributed by atoms with Gasteiger partial charge in [-0.05, 0) is 49.6 Å². The van der Waals surface area contributed by atoms with Crippen LogP contribution in [0.5, 0.6) is 0 Å². The zero-order chi connectivity index (χ0) is 19.4. The monoisotopic (exact) mass is 368 g/mol. The van der Waals surface area contributed by atoms with E-state index in [1.165, 1.54) is 24.3 Å². The van der Waals surface area contributed by atoms with Gasteiger partial charge in [0.15, 0.2) is 0 Å². The molecule has 0 saturated carbocycles. The fourth-order valence-electron chi connectivity index (χ4n) is 3.57. The van der Waals surface area contributed by atoms with Gasteiger partial charge in [0.2, 0.25) is 5.91 Å². The number of benzene rings is 2. The van der Waals surface area contributed by atoms with Crippen molar-refractivity contribution >= 4 is 11.8 Å². The molecule has 0 N–H and O–H groups in total. The Morgan fingerprint density at radius 2 is 1.78 bits per heavy atom. The molecule has 27 heavy (non-hydrogen) atoms. The molecule has 3 rings (SSSR count). The van der Waals surface area contributed by atoms with Gasteiger partial charge in [-0.25, -0.2) is 4.39 Å². The number of likely N-dealkylation sites (tertiary alicyclic amines) is 1. The van der Waals surface area contributed by atoms with Crippen molar-refractivity contribution in [1.29, 1.82) is 0 Å². The number of piperidine rings is 1. The molecule has 2 unspecified atom stereocenters. The second kappa shape index (κ2) is 8.33. The number of hydrogen-bond acceptors (Lipinski definition) is 2. The number of rotatable bonds is 4. The van der Waals surface area contributed by atoms with E-state index in [1.807, 2.05) is 44.3 Å². The van der Waals surface area contributed by atoms with Gasteiger partial charge in [-0.1, -0.05) is 30.3 Å². The molecule has 1 aliphatic heterocycles. The largest absolute Gasteiger partial charge is 0.339 e. The van der Waals surface area contributed by atoms with Crippen molar-refractivity contribution < 1.29 is 14.0 Å². The summed E-state index contributed by atoms with van der Waals surface area (Å²) in [6, 6.07) is 15.4. The van der Waals surface area contributed by atoms with Crippen LogP contribution >= 0.6 is 0 Å². The zero-order valence-electron chi connectivity index (χ0n) is 15.8. The van der Waals surface area contributed by atoms with Crippen LogP contribution in [0.15, 0.2) is 54.6 Å². The fourth-order valence-corrected chi connectivity index (χ4v) is 3.57. The van der Waals surface area contributed by atoms with Gasteiger partial charge in [-0.15, -0.1) is 0 Å². The Hall–Kier alpha value is -2.69. The van der Waals surface area contributed by atoms with Crippen LogP contribution in [0.3, 0.4) is 0 Å². The van der Waals surface area contributed by atoms with Gasteiger partial charge >= 0.3 is 0 Å². The van der Waals surface area contributed by atoms with Crippen molar-refractivity contribution in [3.63, 3.8) is 0 Å². The molecule has 0 radical (unpaired) electrons. The fraction of sp³-hybridized carbons (Fsp3) is 0.364. The van der Waals surface area contributed by atoms with Gasteiger partial charge in [0, 0.05) is 25.7 Å². The summed E-state index contributed by atoms with van der Waals surface area (Å²) < 4.78 is 13.1. The molecule has 2 atom stereocenters. The van der Waals surface area contributed by atoms with Crippen molar-refractivity contribution in [2.45, 2.75) is 25.8 Å². The van der Waals surface area contributed by atoms with E-state index >= 15 is 0 Å². The highest BCUT2D eigenvalue weighted by atomic mass is 19.1. The topological polar surface area (TPSA) is 40.6 Å². The minimum absolute atomic E-state index is 0.0260. The Morgan fingerprint density at radius 3 is 2.44 bits per heavy atom. The Kier molecular flexibility index (Phi) is 5.89. The smallest absolute Gasteiger partial charge is 0.253 e. The maximum Gasteiger partial charge on any atom is 0.253 e. The molecular formula is C22H25FN2O2. The van der Waals surface area contributed by atoms with Crippen LogP contribution in [0, 0.1) is 11.7 Å². The van der Waals surface area contributed by atoms with E-state index in [0.717, 1.165) is 18.4 Å². The first-order chi connectivity index (χ1) is 13.0. The first-order valence-corrected chi connectivity index (χ1v) is 9.34. The quantitative estimate of drug-likeness (QED) is 0.821. The van der Waals surface area contributed by atoms with E-state index in [-0.39, 0.29) is 29.6 Å². The lowest BCUT2D eigenvalue weighted by Crippen LogP contribution is -2.46. The average molecular weight is 368 g/mol. The zero-order valence-corrected chi connectivity index (χ0v) is 15.8.